The summed E-state index contributed by atoms with van der Waals surface area (Å²) in [6.07, 6.45) is 0. The molecule has 0 atom stereocenters. The van der Waals surface area contributed by atoms with E-state index in [1.165, 1.54) is 24.3 Å². The highest BCUT2D eigenvalue weighted by Crippen LogP contribution is 2.22. The topological polar surface area (TPSA) is 64.6 Å². The Morgan fingerprint density at radius 2 is 1.63 bits per heavy atom. The number of hydrogen-bond donors (Lipinski definition) is 1. The number of carbonyl (C=O) groups excluding carboxylic acids is 2. The van der Waals surface area contributed by atoms with Gasteiger partial charge in [-0.05, 0) is 35.7 Å². The standard InChI is InChI=1S/C20H15F2NO4/c21-20(22)27-15-10-8-14(9-11-15)19(25)26-12-18(24)23-17-7-3-5-13-4-1-2-6-16(13)17/h1-11,20H,12H2,(H,23,24). The SMILES string of the molecule is O=C(COC(=O)c1ccc(OC(F)F)cc1)Nc1cccc2ccccc12. The van der Waals surface area contributed by atoms with Gasteiger partial charge in [0.1, 0.15) is 5.75 Å². The molecule has 138 valence electrons. The Hall–Kier alpha value is -3.48. The molecule has 0 aliphatic rings. The van der Waals surface area contributed by atoms with Crippen molar-refractivity contribution >= 4 is 28.3 Å². The van der Waals surface area contributed by atoms with Crippen molar-refractivity contribution in [2.45, 2.75) is 6.61 Å². The molecule has 0 bridgehead atoms. The number of carbonyl (C=O) groups is 2. The summed E-state index contributed by atoms with van der Waals surface area (Å²) < 4.78 is 33.4. The predicted molar refractivity (Wildman–Crippen MR) is 95.9 cm³/mol. The molecule has 0 aliphatic carbocycles. The van der Waals surface area contributed by atoms with E-state index in [4.69, 9.17) is 4.74 Å². The smallest absolute Gasteiger partial charge is 0.387 e. The van der Waals surface area contributed by atoms with E-state index in [9.17, 15) is 18.4 Å². The fourth-order valence-electron chi connectivity index (χ4n) is 2.51. The first-order valence-electron chi connectivity index (χ1n) is 8.02. The second kappa shape index (κ2) is 8.27. The summed E-state index contributed by atoms with van der Waals surface area (Å²) in [6.45, 7) is -3.42. The maximum atomic E-state index is 12.1. The molecule has 1 amide bonds. The number of benzene rings is 3. The molecule has 5 nitrogen and oxygen atoms in total. The number of esters is 1. The zero-order chi connectivity index (χ0) is 19.2. The molecule has 0 aliphatic heterocycles. The van der Waals surface area contributed by atoms with Crippen LogP contribution >= 0.6 is 0 Å². The molecule has 0 fully saturated rings. The monoisotopic (exact) mass is 371 g/mol. The van der Waals surface area contributed by atoms with Crippen molar-refractivity contribution in [2.24, 2.45) is 0 Å². The molecular formula is C20H15F2NO4. The summed E-state index contributed by atoms with van der Waals surface area (Å²) in [5, 5.41) is 4.54. The first-order chi connectivity index (χ1) is 13.0. The lowest BCUT2D eigenvalue weighted by molar-refractivity contribution is -0.119. The van der Waals surface area contributed by atoms with Gasteiger partial charge < -0.3 is 14.8 Å². The summed E-state index contributed by atoms with van der Waals surface area (Å²) in [5.74, 6) is -1.31. The van der Waals surface area contributed by atoms with Crippen LogP contribution in [-0.4, -0.2) is 25.1 Å². The van der Waals surface area contributed by atoms with E-state index in [1.807, 2.05) is 36.4 Å². The number of ether oxygens (including phenoxy) is 2. The van der Waals surface area contributed by atoms with Crippen LogP contribution in [0.25, 0.3) is 10.8 Å². The minimum absolute atomic E-state index is 0.0738. The Bertz CT molecular complexity index is 952. The molecule has 27 heavy (non-hydrogen) atoms. The van der Waals surface area contributed by atoms with Gasteiger partial charge in [-0.3, -0.25) is 4.79 Å². The summed E-state index contributed by atoms with van der Waals surface area (Å²) in [7, 11) is 0. The third-order valence-electron chi connectivity index (χ3n) is 3.71. The molecular weight excluding hydrogens is 356 g/mol. The van der Waals surface area contributed by atoms with E-state index in [0.29, 0.717) is 5.69 Å². The maximum absolute atomic E-state index is 12.1. The molecule has 0 saturated carbocycles. The quantitative estimate of drug-likeness (QED) is 0.659. The molecule has 0 aromatic heterocycles. The Labute approximate surface area is 153 Å². The first kappa shape index (κ1) is 18.3. The van der Waals surface area contributed by atoms with Crippen LogP contribution in [0.5, 0.6) is 5.75 Å². The number of hydrogen-bond acceptors (Lipinski definition) is 4. The van der Waals surface area contributed by atoms with Crippen LogP contribution in [0.15, 0.2) is 66.7 Å². The van der Waals surface area contributed by atoms with Crippen LogP contribution in [0.2, 0.25) is 0 Å². The van der Waals surface area contributed by atoms with Gasteiger partial charge in [-0.25, -0.2) is 4.79 Å². The minimum atomic E-state index is -2.94. The van der Waals surface area contributed by atoms with Crippen LogP contribution in [0.3, 0.4) is 0 Å². The second-order valence-corrected chi connectivity index (χ2v) is 5.55. The number of alkyl halides is 2. The molecule has 0 radical (unpaired) electrons. The summed E-state index contributed by atoms with van der Waals surface area (Å²) in [5.41, 5.74) is 0.734. The predicted octanol–water partition coefficient (Wildman–Crippen LogP) is 4.24. The van der Waals surface area contributed by atoms with E-state index < -0.39 is 25.1 Å². The summed E-state index contributed by atoms with van der Waals surface area (Å²) >= 11 is 0. The molecule has 0 heterocycles. The fraction of sp³-hybridized carbons (Fsp3) is 0.100. The van der Waals surface area contributed by atoms with Crippen LogP contribution in [0.4, 0.5) is 14.5 Å². The van der Waals surface area contributed by atoms with Gasteiger partial charge in [0.25, 0.3) is 5.91 Å². The first-order valence-corrected chi connectivity index (χ1v) is 8.02. The number of fused-ring (bicyclic) bond motifs is 1. The van der Waals surface area contributed by atoms with Crippen LogP contribution in [0, 0.1) is 0 Å². The minimum Gasteiger partial charge on any atom is -0.452 e. The van der Waals surface area contributed by atoms with E-state index >= 15 is 0 Å². The second-order valence-electron chi connectivity index (χ2n) is 5.55. The van der Waals surface area contributed by atoms with Gasteiger partial charge in [0.2, 0.25) is 0 Å². The highest BCUT2D eigenvalue weighted by atomic mass is 19.3. The number of rotatable bonds is 6. The molecule has 1 N–H and O–H groups in total. The Balaban J connectivity index is 1.57. The van der Waals surface area contributed by atoms with Crippen molar-refractivity contribution in [3.63, 3.8) is 0 Å². The molecule has 0 unspecified atom stereocenters. The van der Waals surface area contributed by atoms with Crippen LogP contribution < -0.4 is 10.1 Å². The van der Waals surface area contributed by atoms with Gasteiger partial charge in [-0.2, -0.15) is 8.78 Å². The van der Waals surface area contributed by atoms with E-state index in [1.54, 1.807) is 6.07 Å². The van der Waals surface area contributed by atoms with Crippen LogP contribution in [0.1, 0.15) is 10.4 Å². The number of anilines is 1. The van der Waals surface area contributed by atoms with Gasteiger partial charge in [0.05, 0.1) is 5.56 Å². The largest absolute Gasteiger partial charge is 0.452 e. The Morgan fingerprint density at radius 3 is 2.37 bits per heavy atom. The molecule has 0 spiro atoms. The van der Waals surface area contributed by atoms with Crippen LogP contribution in [-0.2, 0) is 9.53 Å². The molecule has 3 aromatic rings. The van der Waals surface area contributed by atoms with E-state index in [-0.39, 0.29) is 11.3 Å². The van der Waals surface area contributed by atoms with Gasteiger partial charge in [0, 0.05) is 11.1 Å². The van der Waals surface area contributed by atoms with Crippen molar-refractivity contribution in [2.75, 3.05) is 11.9 Å². The lowest BCUT2D eigenvalue weighted by Crippen LogP contribution is -2.21. The third kappa shape index (κ3) is 4.78. The molecule has 7 heteroatoms. The van der Waals surface area contributed by atoms with E-state index in [2.05, 4.69) is 10.1 Å². The van der Waals surface area contributed by atoms with Crippen molar-refractivity contribution in [3.05, 3.63) is 72.3 Å². The number of nitrogens with one attached hydrogen (secondary N) is 1. The van der Waals surface area contributed by atoms with Gasteiger partial charge >= 0.3 is 12.6 Å². The number of amides is 1. The van der Waals surface area contributed by atoms with E-state index in [0.717, 1.165) is 10.8 Å². The molecule has 0 saturated heterocycles. The highest BCUT2D eigenvalue weighted by molar-refractivity contribution is 6.03. The average Bonchev–Trinajstić information content (AvgIpc) is 2.66. The summed E-state index contributed by atoms with van der Waals surface area (Å²) in [4.78, 5) is 24.0. The van der Waals surface area contributed by atoms with Crippen molar-refractivity contribution in [1.29, 1.82) is 0 Å². The maximum Gasteiger partial charge on any atom is 0.387 e. The van der Waals surface area contributed by atoms with Crippen molar-refractivity contribution < 1.29 is 27.8 Å². The van der Waals surface area contributed by atoms with Gasteiger partial charge in [-0.1, -0.05) is 36.4 Å². The molecule has 3 aromatic carbocycles. The number of halogens is 2. The van der Waals surface area contributed by atoms with Crippen molar-refractivity contribution in [1.82, 2.24) is 0 Å². The zero-order valence-corrected chi connectivity index (χ0v) is 14.0. The Morgan fingerprint density at radius 1 is 0.926 bits per heavy atom. The van der Waals surface area contributed by atoms with Gasteiger partial charge in [0.15, 0.2) is 6.61 Å². The normalized spacial score (nSPS) is 10.6. The highest BCUT2D eigenvalue weighted by Gasteiger charge is 2.12. The lowest BCUT2D eigenvalue weighted by atomic mass is 10.1. The summed E-state index contributed by atoms with van der Waals surface area (Å²) in [6, 6.07) is 18.0. The third-order valence-corrected chi connectivity index (χ3v) is 3.71. The van der Waals surface area contributed by atoms with Gasteiger partial charge in [-0.15, -0.1) is 0 Å². The molecule has 3 rings (SSSR count). The fourth-order valence-corrected chi connectivity index (χ4v) is 2.51. The average molecular weight is 371 g/mol. The zero-order valence-electron chi connectivity index (χ0n) is 14.0. The lowest BCUT2D eigenvalue weighted by Gasteiger charge is -2.09. The van der Waals surface area contributed by atoms with Crippen molar-refractivity contribution in [3.8, 4) is 5.75 Å². The Kier molecular flexibility index (Phi) is 5.61.